The minimum Gasteiger partial charge on any atom is -0.493 e. The molecule has 0 aromatic heterocycles. The predicted octanol–water partition coefficient (Wildman–Crippen LogP) is 5.44. The summed E-state index contributed by atoms with van der Waals surface area (Å²) in [6.45, 7) is 3.94. The number of likely N-dealkylation sites (tertiary alicyclic amines) is 1. The molecule has 12 nitrogen and oxygen atoms in total. The molecule has 4 rings (SSSR count). The average molecular weight is 748 g/mol. The topological polar surface area (TPSA) is 148 Å². The number of aryl methyl sites for hydroxylation is 1. The Balaban J connectivity index is 1.54. The first kappa shape index (κ1) is 41.9. The normalized spacial score (nSPS) is 15.1. The van der Waals surface area contributed by atoms with Crippen molar-refractivity contribution in [3.63, 3.8) is 0 Å². The summed E-state index contributed by atoms with van der Waals surface area (Å²) in [5.74, 6) is 2.06. The van der Waals surface area contributed by atoms with Crippen LogP contribution in [0.4, 0.5) is 0 Å². The maximum absolute atomic E-state index is 14.4. The number of benzene rings is 3. The first-order valence-electron chi connectivity index (χ1n) is 18.8. The van der Waals surface area contributed by atoms with Gasteiger partial charge in [0.15, 0.2) is 35.4 Å². The molecule has 0 bridgehead atoms. The van der Waals surface area contributed by atoms with Crippen LogP contribution in [-0.2, 0) is 25.5 Å². The van der Waals surface area contributed by atoms with Gasteiger partial charge in [-0.25, -0.2) is 0 Å². The number of piperidine rings is 1. The Labute approximate surface area is 319 Å². The van der Waals surface area contributed by atoms with Gasteiger partial charge in [0.2, 0.25) is 5.91 Å². The van der Waals surface area contributed by atoms with Crippen molar-refractivity contribution in [2.75, 3.05) is 67.9 Å². The summed E-state index contributed by atoms with van der Waals surface area (Å²) in [6, 6.07) is 18.4. The van der Waals surface area contributed by atoms with Crippen LogP contribution in [0.3, 0.4) is 0 Å². The molecule has 3 atom stereocenters. The zero-order chi connectivity index (χ0) is 38.9. The van der Waals surface area contributed by atoms with Crippen molar-refractivity contribution in [2.45, 2.75) is 69.7 Å². The molecule has 1 unspecified atom stereocenters. The third-order valence-corrected chi connectivity index (χ3v) is 9.88. The zero-order valence-electron chi connectivity index (χ0n) is 32.4. The number of amides is 2. The van der Waals surface area contributed by atoms with E-state index >= 15 is 0 Å². The van der Waals surface area contributed by atoms with Crippen LogP contribution in [0.2, 0.25) is 0 Å². The zero-order valence-corrected chi connectivity index (χ0v) is 32.4. The minimum atomic E-state index is -0.527. The smallest absolute Gasteiger partial charge is 0.258 e. The lowest BCUT2D eigenvalue weighted by Gasteiger charge is -2.37. The highest BCUT2D eigenvalue weighted by atomic mass is 16.5. The number of carbonyl (C=O) groups is 3. The van der Waals surface area contributed by atoms with Gasteiger partial charge >= 0.3 is 0 Å². The standard InChI is InChI=1S/C42H57N3O9/c1-6-34(32-16-18-38(50-3)40(27-32)52-5)42(48)45-21-8-7-12-35(45)36(46)26-31(15-13-29-14-17-37(49-2)39(24-29)51-4)30-10-9-11-33(25-30)54-28-41(47)44-20-23-53-22-19-43/h9-11,14,16-18,24-25,27,31,34-35H,6-8,12-13,15,19-23,26,28,43H2,1-5H3,(H,44,47)/t31-,34-,35?/m0/s1. The van der Waals surface area contributed by atoms with Gasteiger partial charge in [-0.2, -0.15) is 0 Å². The number of nitrogens with one attached hydrogen (secondary N) is 1. The number of nitrogens with zero attached hydrogens (tertiary/aromatic N) is 1. The highest BCUT2D eigenvalue weighted by Gasteiger charge is 2.36. The molecule has 3 N–H and O–H groups in total. The molecule has 1 aliphatic rings. The van der Waals surface area contributed by atoms with Crippen LogP contribution in [0.1, 0.15) is 74.0 Å². The van der Waals surface area contributed by atoms with Gasteiger partial charge in [0, 0.05) is 26.1 Å². The van der Waals surface area contributed by atoms with Gasteiger partial charge in [0.05, 0.1) is 53.6 Å². The molecular weight excluding hydrogens is 690 g/mol. The summed E-state index contributed by atoms with van der Waals surface area (Å²) in [7, 11) is 6.37. The van der Waals surface area contributed by atoms with Crippen molar-refractivity contribution < 1.29 is 42.8 Å². The summed E-state index contributed by atoms with van der Waals surface area (Å²) < 4.78 is 33.1. The van der Waals surface area contributed by atoms with Crippen LogP contribution >= 0.6 is 0 Å². The molecule has 0 aliphatic carbocycles. The van der Waals surface area contributed by atoms with E-state index in [-0.39, 0.29) is 36.5 Å². The highest BCUT2D eigenvalue weighted by Crippen LogP contribution is 2.36. The Morgan fingerprint density at radius 1 is 0.852 bits per heavy atom. The number of carbonyl (C=O) groups excluding carboxylic acids is 3. The Bertz CT molecular complexity index is 1670. The van der Waals surface area contributed by atoms with Crippen molar-refractivity contribution in [3.8, 4) is 28.7 Å². The summed E-state index contributed by atoms with van der Waals surface area (Å²) in [5.41, 5.74) is 8.23. The molecule has 12 heteroatoms. The van der Waals surface area contributed by atoms with Crippen molar-refractivity contribution >= 4 is 17.6 Å². The second-order valence-electron chi connectivity index (χ2n) is 13.3. The van der Waals surface area contributed by atoms with E-state index in [1.54, 1.807) is 39.4 Å². The summed E-state index contributed by atoms with van der Waals surface area (Å²) >= 11 is 0. The van der Waals surface area contributed by atoms with Gasteiger partial charge in [0.25, 0.3) is 5.91 Å². The first-order chi connectivity index (χ1) is 26.3. The van der Waals surface area contributed by atoms with Gasteiger partial charge in [-0.05, 0) is 97.5 Å². The third kappa shape index (κ3) is 11.6. The molecule has 1 fully saturated rings. The molecule has 1 aliphatic heterocycles. The SMILES string of the molecule is CC[C@H](C(=O)N1CCCCC1C(=O)C[C@H](CCc1ccc(OC)c(OC)c1)c1cccc(OCC(=O)NCCOCCN)c1)c1ccc(OC)c(OC)c1. The van der Waals surface area contributed by atoms with Crippen molar-refractivity contribution in [3.05, 3.63) is 77.4 Å². The quantitative estimate of drug-likeness (QED) is 0.127. The predicted molar refractivity (Wildman–Crippen MR) is 207 cm³/mol. The van der Waals surface area contributed by atoms with E-state index in [2.05, 4.69) is 5.32 Å². The Kier molecular flexibility index (Phi) is 16.9. The fraction of sp³-hybridized carbons (Fsp3) is 0.500. The maximum atomic E-state index is 14.4. The van der Waals surface area contributed by atoms with Gasteiger partial charge in [-0.1, -0.05) is 31.2 Å². The number of nitrogens with two attached hydrogens (primary N) is 1. The molecule has 0 saturated carbocycles. The second kappa shape index (κ2) is 21.8. The van der Waals surface area contributed by atoms with Gasteiger partial charge in [-0.3, -0.25) is 14.4 Å². The van der Waals surface area contributed by atoms with E-state index < -0.39 is 12.0 Å². The first-order valence-corrected chi connectivity index (χ1v) is 18.8. The number of hydrogen-bond acceptors (Lipinski definition) is 10. The van der Waals surface area contributed by atoms with Crippen molar-refractivity contribution in [1.82, 2.24) is 10.2 Å². The monoisotopic (exact) mass is 747 g/mol. The molecule has 0 spiro atoms. The van der Waals surface area contributed by atoms with Gasteiger partial charge in [0.1, 0.15) is 5.75 Å². The second-order valence-corrected chi connectivity index (χ2v) is 13.3. The third-order valence-electron chi connectivity index (χ3n) is 9.88. The number of Topliss-reactive ketones (excluding diaryl/α,β-unsaturated/α-hetero) is 1. The minimum absolute atomic E-state index is 0.0325. The van der Waals surface area contributed by atoms with E-state index in [1.807, 2.05) is 61.5 Å². The lowest BCUT2D eigenvalue weighted by atomic mass is 9.84. The van der Waals surface area contributed by atoms with Crippen LogP contribution in [0.15, 0.2) is 60.7 Å². The largest absolute Gasteiger partial charge is 0.493 e. The van der Waals surface area contributed by atoms with Crippen molar-refractivity contribution in [2.24, 2.45) is 5.73 Å². The fourth-order valence-corrected chi connectivity index (χ4v) is 7.00. The molecule has 1 saturated heterocycles. The van der Waals surface area contributed by atoms with E-state index in [9.17, 15) is 14.4 Å². The number of methoxy groups -OCH3 is 4. The molecular formula is C42H57N3O9. The van der Waals surface area contributed by atoms with Crippen LogP contribution in [0, 0.1) is 0 Å². The number of ether oxygens (including phenoxy) is 6. The van der Waals surface area contributed by atoms with Crippen LogP contribution in [-0.4, -0.2) is 96.4 Å². The van der Waals surface area contributed by atoms with E-state index in [0.717, 1.165) is 29.5 Å². The van der Waals surface area contributed by atoms with Crippen LogP contribution in [0.5, 0.6) is 28.7 Å². The average Bonchev–Trinajstić information content (AvgIpc) is 3.21. The highest BCUT2D eigenvalue weighted by molar-refractivity contribution is 5.92. The molecule has 0 radical (unpaired) electrons. The van der Waals surface area contributed by atoms with Crippen LogP contribution < -0.4 is 34.7 Å². The fourth-order valence-electron chi connectivity index (χ4n) is 7.00. The summed E-state index contributed by atoms with van der Waals surface area (Å²) in [5, 5.41) is 2.78. The summed E-state index contributed by atoms with van der Waals surface area (Å²) in [4.78, 5) is 42.9. The van der Waals surface area contributed by atoms with E-state index in [1.165, 1.54) is 0 Å². The van der Waals surface area contributed by atoms with Gasteiger partial charge in [-0.15, -0.1) is 0 Å². The lowest BCUT2D eigenvalue weighted by Crippen LogP contribution is -2.49. The molecule has 3 aromatic carbocycles. The van der Waals surface area contributed by atoms with E-state index in [4.69, 9.17) is 34.2 Å². The molecule has 3 aromatic rings. The Hall–Kier alpha value is -4.81. The Morgan fingerprint density at radius 2 is 1.57 bits per heavy atom. The molecule has 1 heterocycles. The Morgan fingerprint density at radius 3 is 2.28 bits per heavy atom. The lowest BCUT2D eigenvalue weighted by molar-refractivity contribution is -0.142. The summed E-state index contributed by atoms with van der Waals surface area (Å²) in [6.07, 6.45) is 4.46. The van der Waals surface area contributed by atoms with Gasteiger partial charge < -0.3 is 44.4 Å². The van der Waals surface area contributed by atoms with Crippen LogP contribution in [0.25, 0.3) is 0 Å². The maximum Gasteiger partial charge on any atom is 0.258 e. The number of hydrogen-bond donors (Lipinski definition) is 2. The molecule has 294 valence electrons. The molecule has 2 amide bonds. The number of rotatable bonds is 22. The van der Waals surface area contributed by atoms with E-state index in [0.29, 0.717) is 87.3 Å². The molecule has 54 heavy (non-hydrogen) atoms. The number of ketones is 1. The van der Waals surface area contributed by atoms with Crippen molar-refractivity contribution in [1.29, 1.82) is 0 Å².